The van der Waals surface area contributed by atoms with E-state index in [1.807, 2.05) is 6.34 Å². The first kappa shape index (κ1) is 9.69. The van der Waals surface area contributed by atoms with Gasteiger partial charge in [0.15, 0.2) is 0 Å². The van der Waals surface area contributed by atoms with Gasteiger partial charge in [0.25, 0.3) is 0 Å². The summed E-state index contributed by atoms with van der Waals surface area (Å²) in [5, 5.41) is 3.37. The Hall–Kier alpha value is -1.31. The normalized spacial score (nSPS) is 37.2. The summed E-state index contributed by atoms with van der Waals surface area (Å²) in [4.78, 5) is 4.27. The molecule has 4 rings (SSSR count). The topological polar surface area (TPSA) is 24.4 Å². The third-order valence-electron chi connectivity index (χ3n) is 4.78. The maximum atomic E-state index is 4.27. The molecule has 2 nitrogen and oxygen atoms in total. The molecule has 0 amide bonds. The second kappa shape index (κ2) is 3.59. The van der Waals surface area contributed by atoms with Gasteiger partial charge >= 0.3 is 0 Å². The van der Waals surface area contributed by atoms with Gasteiger partial charge in [0.1, 0.15) is 0 Å². The van der Waals surface area contributed by atoms with Crippen molar-refractivity contribution in [1.29, 1.82) is 0 Å². The van der Waals surface area contributed by atoms with E-state index < -0.39 is 0 Å². The largest absolute Gasteiger partial charge is 0.372 e. The molecule has 2 heteroatoms. The number of nitrogens with zero attached hydrogens (tertiary/aromatic N) is 1. The molecule has 0 spiro atoms. The van der Waals surface area contributed by atoms with Crippen molar-refractivity contribution in [2.45, 2.75) is 31.2 Å². The van der Waals surface area contributed by atoms with Crippen molar-refractivity contribution in [1.82, 2.24) is 5.32 Å². The number of aliphatic imine (C=N–C) groups is 1. The summed E-state index contributed by atoms with van der Waals surface area (Å²) in [5.74, 6) is 2.74. The van der Waals surface area contributed by atoms with Crippen molar-refractivity contribution in [3.05, 3.63) is 35.4 Å². The van der Waals surface area contributed by atoms with Crippen molar-refractivity contribution in [2.24, 2.45) is 16.8 Å². The molecule has 1 N–H and O–H groups in total. The molecule has 0 bridgehead atoms. The van der Waals surface area contributed by atoms with Crippen LogP contribution in [0.3, 0.4) is 0 Å². The fraction of sp³-hybridized carbons (Fsp3) is 0.533. The van der Waals surface area contributed by atoms with Gasteiger partial charge in [-0.3, -0.25) is 4.99 Å². The van der Waals surface area contributed by atoms with Crippen LogP contribution in [0.1, 0.15) is 29.9 Å². The Kier molecular flexibility index (Phi) is 2.05. The highest BCUT2D eigenvalue weighted by Crippen LogP contribution is 2.61. The van der Waals surface area contributed by atoms with E-state index in [9.17, 15) is 0 Å². The van der Waals surface area contributed by atoms with Gasteiger partial charge < -0.3 is 5.32 Å². The van der Waals surface area contributed by atoms with Gasteiger partial charge in [-0.2, -0.15) is 0 Å². The van der Waals surface area contributed by atoms with E-state index in [0.717, 1.165) is 24.3 Å². The summed E-state index contributed by atoms with van der Waals surface area (Å²) in [5.41, 5.74) is 3.25. The van der Waals surface area contributed by atoms with E-state index in [1.165, 1.54) is 19.3 Å². The summed E-state index contributed by atoms with van der Waals surface area (Å²) in [6.45, 7) is 0.984. The van der Waals surface area contributed by atoms with Crippen LogP contribution < -0.4 is 5.32 Å². The van der Waals surface area contributed by atoms with Gasteiger partial charge in [0.2, 0.25) is 0 Å². The average Bonchev–Trinajstić information content (AvgIpc) is 2.82. The zero-order chi connectivity index (χ0) is 11.2. The molecule has 1 heterocycles. The molecule has 0 saturated heterocycles. The maximum Gasteiger partial charge on any atom is 0.0827 e. The van der Waals surface area contributed by atoms with E-state index in [1.54, 1.807) is 11.1 Å². The average molecular weight is 226 g/mol. The Balaban J connectivity index is 1.52. The van der Waals surface area contributed by atoms with E-state index in [4.69, 9.17) is 0 Å². The monoisotopic (exact) mass is 226 g/mol. The molecule has 88 valence electrons. The van der Waals surface area contributed by atoms with Crippen LogP contribution in [0.25, 0.3) is 0 Å². The third kappa shape index (κ3) is 1.50. The van der Waals surface area contributed by atoms with Crippen molar-refractivity contribution in [3.63, 3.8) is 0 Å². The minimum absolute atomic E-state index is 0.609. The molecule has 1 aromatic carbocycles. The molecule has 3 aliphatic rings. The lowest BCUT2D eigenvalue weighted by molar-refractivity contribution is 0.522. The molecule has 1 fully saturated rings. The summed E-state index contributed by atoms with van der Waals surface area (Å²) in [7, 11) is 0. The van der Waals surface area contributed by atoms with Crippen LogP contribution in [0.5, 0.6) is 0 Å². The Morgan fingerprint density at radius 2 is 2.24 bits per heavy atom. The third-order valence-corrected chi connectivity index (χ3v) is 4.78. The summed E-state index contributed by atoms with van der Waals surface area (Å²) >= 11 is 0. The molecular weight excluding hydrogens is 208 g/mol. The predicted molar refractivity (Wildman–Crippen MR) is 69.4 cm³/mol. The second-order valence-corrected chi connectivity index (χ2v) is 5.68. The Morgan fingerprint density at radius 1 is 1.29 bits per heavy atom. The number of rotatable bonds is 2. The summed E-state index contributed by atoms with van der Waals surface area (Å²) in [6.07, 6.45) is 5.89. The minimum atomic E-state index is 0.609. The Morgan fingerprint density at radius 3 is 3.12 bits per heavy atom. The molecule has 0 radical (unpaired) electrons. The van der Waals surface area contributed by atoms with E-state index >= 15 is 0 Å². The molecule has 0 aromatic heterocycles. The molecular formula is C15H18N2. The van der Waals surface area contributed by atoms with E-state index in [2.05, 4.69) is 34.6 Å². The number of hydrogen-bond donors (Lipinski definition) is 1. The van der Waals surface area contributed by atoms with Gasteiger partial charge in [-0.25, -0.2) is 0 Å². The fourth-order valence-corrected chi connectivity index (χ4v) is 3.89. The number of fused-ring (bicyclic) bond motifs is 3. The number of hydrogen-bond acceptors (Lipinski definition) is 2. The van der Waals surface area contributed by atoms with Crippen LogP contribution in [0, 0.1) is 11.8 Å². The van der Waals surface area contributed by atoms with E-state index in [-0.39, 0.29) is 0 Å². The van der Waals surface area contributed by atoms with Crippen LogP contribution in [-0.4, -0.2) is 18.9 Å². The highest BCUT2D eigenvalue weighted by atomic mass is 15.1. The van der Waals surface area contributed by atoms with Gasteiger partial charge in [-0.1, -0.05) is 24.3 Å². The zero-order valence-electron chi connectivity index (χ0n) is 9.97. The predicted octanol–water partition coefficient (Wildman–Crippen LogP) is 2.35. The van der Waals surface area contributed by atoms with Crippen LogP contribution in [0.2, 0.25) is 0 Å². The molecule has 17 heavy (non-hydrogen) atoms. The fourth-order valence-electron chi connectivity index (χ4n) is 3.89. The summed E-state index contributed by atoms with van der Waals surface area (Å²) < 4.78 is 0. The van der Waals surface area contributed by atoms with Gasteiger partial charge in [0.05, 0.1) is 12.9 Å². The van der Waals surface area contributed by atoms with Crippen molar-refractivity contribution in [3.8, 4) is 0 Å². The first-order valence-electron chi connectivity index (χ1n) is 6.75. The number of nitrogens with one attached hydrogen (secondary N) is 1. The molecule has 1 saturated carbocycles. The van der Waals surface area contributed by atoms with Crippen molar-refractivity contribution < 1.29 is 0 Å². The molecule has 4 atom stereocenters. The highest BCUT2D eigenvalue weighted by Gasteiger charge is 2.53. The number of benzene rings is 1. The lowest BCUT2D eigenvalue weighted by Crippen LogP contribution is -2.25. The first-order valence-corrected chi connectivity index (χ1v) is 6.75. The lowest BCUT2D eigenvalue weighted by atomic mass is 9.92. The van der Waals surface area contributed by atoms with E-state index in [0.29, 0.717) is 6.04 Å². The highest BCUT2D eigenvalue weighted by molar-refractivity contribution is 5.57. The second-order valence-electron chi connectivity index (χ2n) is 5.68. The Bertz CT molecular complexity index is 458. The lowest BCUT2D eigenvalue weighted by Gasteiger charge is -2.13. The SMILES string of the molecule is C1=NC[C@H](CC2[C@H]3c4ccccc4CC[C@@H]23)N1. The van der Waals surface area contributed by atoms with Gasteiger partial charge in [-0.05, 0) is 48.1 Å². The first-order chi connectivity index (χ1) is 8.43. The summed E-state index contributed by atoms with van der Waals surface area (Å²) in [6, 6.07) is 9.66. The number of aryl methyl sites for hydroxylation is 1. The quantitative estimate of drug-likeness (QED) is 0.822. The van der Waals surface area contributed by atoms with Crippen molar-refractivity contribution in [2.75, 3.05) is 6.54 Å². The van der Waals surface area contributed by atoms with Crippen LogP contribution in [0.4, 0.5) is 0 Å². The minimum Gasteiger partial charge on any atom is -0.372 e. The molecule has 1 aromatic rings. The maximum absolute atomic E-state index is 4.27. The van der Waals surface area contributed by atoms with Crippen LogP contribution in [0.15, 0.2) is 29.3 Å². The van der Waals surface area contributed by atoms with Crippen molar-refractivity contribution >= 4 is 6.34 Å². The molecule has 1 aliphatic heterocycles. The molecule has 1 unspecified atom stereocenters. The van der Waals surface area contributed by atoms with Gasteiger partial charge in [0, 0.05) is 6.04 Å². The zero-order valence-corrected chi connectivity index (χ0v) is 9.97. The smallest absolute Gasteiger partial charge is 0.0827 e. The van der Waals surface area contributed by atoms with Gasteiger partial charge in [-0.15, -0.1) is 0 Å². The standard InChI is InChI=1S/C15H18N2/c1-2-4-12-10(3-1)5-6-13-14(15(12)13)7-11-8-16-9-17-11/h1-4,9,11,13-15H,5-8H2,(H,16,17)/t11-,13-,14?,15-/m0/s1. The van der Waals surface area contributed by atoms with Crippen LogP contribution in [-0.2, 0) is 6.42 Å². The Labute approximate surface area is 102 Å². The van der Waals surface area contributed by atoms with Crippen LogP contribution >= 0.6 is 0 Å². The molecule has 2 aliphatic carbocycles.